The minimum absolute atomic E-state index is 0.493. The summed E-state index contributed by atoms with van der Waals surface area (Å²) >= 11 is 0. The average molecular weight is 388 g/mol. The van der Waals surface area contributed by atoms with E-state index in [4.69, 9.17) is 5.73 Å². The van der Waals surface area contributed by atoms with Gasteiger partial charge in [0.15, 0.2) is 0 Å². The summed E-state index contributed by atoms with van der Waals surface area (Å²) in [5, 5.41) is 0. The van der Waals surface area contributed by atoms with Crippen LogP contribution >= 0.6 is 0 Å². The van der Waals surface area contributed by atoms with Gasteiger partial charge in [-0.1, -0.05) is 59.8 Å². The molecule has 162 valence electrons. The van der Waals surface area contributed by atoms with E-state index >= 15 is 0 Å². The fraction of sp³-hybridized carbons (Fsp3) is 1.00. The lowest BCUT2D eigenvalue weighted by molar-refractivity contribution is -0.116. The third-order valence-corrected chi connectivity index (χ3v) is 11.0. The highest BCUT2D eigenvalue weighted by atomic mass is 14.7. The Morgan fingerprint density at radius 1 is 0.857 bits per heavy atom. The molecule has 0 radical (unpaired) electrons. The van der Waals surface area contributed by atoms with Crippen LogP contribution in [0.4, 0.5) is 0 Å². The molecular weight excluding hydrogens is 338 g/mol. The Morgan fingerprint density at radius 3 is 2.39 bits per heavy atom. The number of unbranched alkanes of at least 4 members (excludes halogenated alkanes) is 3. The molecule has 4 rings (SSSR count). The summed E-state index contributed by atoms with van der Waals surface area (Å²) in [7, 11) is 0. The zero-order valence-electron chi connectivity index (χ0n) is 19.5. The summed E-state index contributed by atoms with van der Waals surface area (Å²) in [6, 6.07) is 0.493. The van der Waals surface area contributed by atoms with Gasteiger partial charge in [0.05, 0.1) is 0 Å². The van der Waals surface area contributed by atoms with E-state index in [0.29, 0.717) is 16.9 Å². The fourth-order valence-electron chi connectivity index (χ4n) is 9.36. The van der Waals surface area contributed by atoms with Crippen molar-refractivity contribution in [2.45, 2.75) is 124 Å². The zero-order valence-corrected chi connectivity index (χ0v) is 19.5. The minimum Gasteiger partial charge on any atom is -0.328 e. The molecule has 0 aromatic heterocycles. The van der Waals surface area contributed by atoms with Crippen molar-refractivity contribution < 1.29 is 0 Å². The topological polar surface area (TPSA) is 26.0 Å². The van der Waals surface area contributed by atoms with Gasteiger partial charge >= 0.3 is 0 Å². The summed E-state index contributed by atoms with van der Waals surface area (Å²) in [6.45, 7) is 10.4. The number of hydrogen-bond acceptors (Lipinski definition) is 1. The van der Waals surface area contributed by atoms with Crippen molar-refractivity contribution in [2.24, 2.45) is 52.1 Å². The quantitative estimate of drug-likeness (QED) is 0.467. The van der Waals surface area contributed by atoms with E-state index in [1.807, 2.05) is 0 Å². The van der Waals surface area contributed by atoms with E-state index < -0.39 is 0 Å². The summed E-state index contributed by atoms with van der Waals surface area (Å²) < 4.78 is 0. The van der Waals surface area contributed by atoms with E-state index in [1.54, 1.807) is 6.42 Å². The lowest BCUT2D eigenvalue weighted by Gasteiger charge is -2.61. The van der Waals surface area contributed by atoms with Gasteiger partial charge in [0.25, 0.3) is 0 Å². The second kappa shape index (κ2) is 8.24. The van der Waals surface area contributed by atoms with Crippen molar-refractivity contribution in [3.05, 3.63) is 0 Å². The Morgan fingerprint density at radius 2 is 1.61 bits per heavy atom. The molecule has 0 aromatic carbocycles. The molecule has 0 heterocycles. The van der Waals surface area contributed by atoms with Crippen molar-refractivity contribution in [1.82, 2.24) is 0 Å². The van der Waals surface area contributed by atoms with Crippen LogP contribution in [0.15, 0.2) is 0 Å². The molecule has 0 amide bonds. The first-order valence-electron chi connectivity index (χ1n) is 13.2. The monoisotopic (exact) mass is 387 g/mol. The molecule has 0 bridgehead atoms. The van der Waals surface area contributed by atoms with E-state index in [2.05, 4.69) is 27.7 Å². The van der Waals surface area contributed by atoms with Crippen molar-refractivity contribution in [3.8, 4) is 0 Å². The molecule has 4 saturated carbocycles. The van der Waals surface area contributed by atoms with Gasteiger partial charge in [-0.3, -0.25) is 0 Å². The average Bonchev–Trinajstić information content (AvgIpc) is 3.03. The van der Waals surface area contributed by atoms with Crippen LogP contribution in [0.5, 0.6) is 0 Å². The molecule has 9 atom stereocenters. The number of fused-ring (bicyclic) bond motifs is 5. The summed E-state index contributed by atoms with van der Waals surface area (Å²) in [5.41, 5.74) is 7.65. The first-order valence-corrected chi connectivity index (χ1v) is 13.2. The molecule has 0 aliphatic heterocycles. The highest BCUT2D eigenvalue weighted by Gasteiger charge is 2.60. The first-order chi connectivity index (χ1) is 13.4. The zero-order chi connectivity index (χ0) is 19.9. The van der Waals surface area contributed by atoms with Crippen LogP contribution in [0, 0.1) is 46.3 Å². The lowest BCUT2D eigenvalue weighted by Crippen LogP contribution is -2.54. The maximum atomic E-state index is 6.39. The standard InChI is InChI=1S/C27H49N/c1-5-6-7-8-9-19(2)23-12-13-24-22-11-10-20-18-21(28)14-16-26(20,3)25(22)15-17-27(23,24)4/h19-25H,5-18,28H2,1-4H3/t19-,20?,21-,22?,23-,24?,25?,26+,27-/m1/s1. The smallest absolute Gasteiger partial charge is 0.00418 e. The van der Waals surface area contributed by atoms with Gasteiger partial charge in [-0.05, 0) is 104 Å². The minimum atomic E-state index is 0.493. The van der Waals surface area contributed by atoms with Crippen LogP contribution in [0.3, 0.4) is 0 Å². The van der Waals surface area contributed by atoms with Crippen molar-refractivity contribution in [1.29, 1.82) is 0 Å². The molecular formula is C27H49N. The van der Waals surface area contributed by atoms with Gasteiger partial charge in [0, 0.05) is 6.04 Å². The van der Waals surface area contributed by atoms with E-state index in [-0.39, 0.29) is 0 Å². The molecule has 4 fully saturated rings. The molecule has 2 N–H and O–H groups in total. The normalized spacial score (nSPS) is 49.2. The van der Waals surface area contributed by atoms with Crippen LogP contribution in [-0.4, -0.2) is 6.04 Å². The summed E-state index contributed by atoms with van der Waals surface area (Å²) in [5.74, 6) is 5.95. The van der Waals surface area contributed by atoms with E-state index in [9.17, 15) is 0 Å². The number of rotatable bonds is 6. The molecule has 0 saturated heterocycles. The Labute approximate surface area is 176 Å². The predicted molar refractivity (Wildman–Crippen MR) is 121 cm³/mol. The molecule has 4 unspecified atom stereocenters. The summed E-state index contributed by atoms with van der Waals surface area (Å²) in [4.78, 5) is 0. The van der Waals surface area contributed by atoms with Gasteiger partial charge < -0.3 is 5.73 Å². The Kier molecular flexibility index (Phi) is 6.24. The van der Waals surface area contributed by atoms with Gasteiger partial charge in [0.1, 0.15) is 0 Å². The van der Waals surface area contributed by atoms with Crippen LogP contribution in [-0.2, 0) is 0 Å². The third-order valence-electron chi connectivity index (χ3n) is 11.0. The molecule has 0 spiro atoms. The molecule has 4 aliphatic rings. The number of hydrogen-bond donors (Lipinski definition) is 1. The highest BCUT2D eigenvalue weighted by molar-refractivity contribution is 5.09. The Bertz CT molecular complexity index is 528. The Hall–Kier alpha value is -0.0400. The van der Waals surface area contributed by atoms with Gasteiger partial charge in [-0.15, -0.1) is 0 Å². The molecule has 28 heavy (non-hydrogen) atoms. The third kappa shape index (κ3) is 3.50. The van der Waals surface area contributed by atoms with Crippen molar-refractivity contribution in [3.63, 3.8) is 0 Å². The van der Waals surface area contributed by atoms with Crippen LogP contribution in [0.1, 0.15) is 118 Å². The molecule has 1 nitrogen and oxygen atoms in total. The molecule has 1 heteroatoms. The molecule has 4 aliphatic carbocycles. The molecule has 0 aromatic rings. The Balaban J connectivity index is 1.45. The SMILES string of the molecule is CCCCCC[C@@H](C)[C@H]1CCC2C3CCC4C[C@H](N)CC[C@]4(C)C3CC[C@@]21C. The fourth-order valence-corrected chi connectivity index (χ4v) is 9.36. The van der Waals surface area contributed by atoms with Crippen molar-refractivity contribution >= 4 is 0 Å². The maximum absolute atomic E-state index is 6.39. The highest BCUT2D eigenvalue weighted by Crippen LogP contribution is 2.68. The van der Waals surface area contributed by atoms with Gasteiger partial charge in [0.2, 0.25) is 0 Å². The lowest BCUT2D eigenvalue weighted by atomic mass is 9.44. The van der Waals surface area contributed by atoms with E-state index in [0.717, 1.165) is 35.5 Å². The number of nitrogens with two attached hydrogens (primary N) is 1. The van der Waals surface area contributed by atoms with Crippen molar-refractivity contribution in [2.75, 3.05) is 0 Å². The van der Waals surface area contributed by atoms with Crippen LogP contribution in [0.25, 0.3) is 0 Å². The van der Waals surface area contributed by atoms with Gasteiger partial charge in [-0.2, -0.15) is 0 Å². The van der Waals surface area contributed by atoms with Gasteiger partial charge in [-0.25, -0.2) is 0 Å². The van der Waals surface area contributed by atoms with Crippen LogP contribution in [0.2, 0.25) is 0 Å². The van der Waals surface area contributed by atoms with E-state index in [1.165, 1.54) is 83.5 Å². The maximum Gasteiger partial charge on any atom is 0.00418 e. The predicted octanol–water partition coefficient (Wildman–Crippen LogP) is 7.58. The first kappa shape index (κ1) is 21.2. The largest absolute Gasteiger partial charge is 0.328 e. The summed E-state index contributed by atoms with van der Waals surface area (Å²) in [6.07, 6.45) is 20.4. The van der Waals surface area contributed by atoms with Crippen LogP contribution < -0.4 is 5.73 Å². The second-order valence-corrected chi connectivity index (χ2v) is 12.2. The second-order valence-electron chi connectivity index (χ2n) is 12.2.